The van der Waals surface area contributed by atoms with Gasteiger partial charge in [-0.3, -0.25) is 9.79 Å². The topological polar surface area (TPSA) is 57.2 Å². The van der Waals surface area contributed by atoms with Gasteiger partial charge in [0, 0.05) is 26.2 Å². The van der Waals surface area contributed by atoms with Crippen LogP contribution in [-0.4, -0.2) is 74.7 Å². The number of unbranched alkanes of at least 4 members (excludes halogenated alkanes) is 1. The van der Waals surface area contributed by atoms with E-state index in [4.69, 9.17) is 9.73 Å². The fourth-order valence-electron chi connectivity index (χ4n) is 3.20. The molecule has 0 amide bonds. The Kier molecular flexibility index (Phi) is 9.76. The Hall–Kier alpha value is -1.30. The summed E-state index contributed by atoms with van der Waals surface area (Å²) in [6, 6.07) is 0. The van der Waals surface area contributed by atoms with Crippen LogP contribution in [0, 0.1) is 11.8 Å². The lowest BCUT2D eigenvalue weighted by Gasteiger charge is -2.21. The van der Waals surface area contributed by atoms with Crippen LogP contribution in [0.4, 0.5) is 0 Å². The first-order chi connectivity index (χ1) is 11.6. The first-order valence-electron chi connectivity index (χ1n) is 9.40. The van der Waals surface area contributed by atoms with Crippen LogP contribution in [0.1, 0.15) is 40.5 Å². The smallest absolute Gasteiger partial charge is 0.310 e. The molecule has 1 aliphatic rings. The van der Waals surface area contributed by atoms with Gasteiger partial charge >= 0.3 is 5.97 Å². The molecule has 1 N–H and O–H groups in total. The zero-order valence-electron chi connectivity index (χ0n) is 16.2. The maximum absolute atomic E-state index is 11.9. The molecule has 1 saturated heterocycles. The first-order valence-corrected chi connectivity index (χ1v) is 9.40. The van der Waals surface area contributed by atoms with Crippen molar-refractivity contribution in [3.63, 3.8) is 0 Å². The highest BCUT2D eigenvalue weighted by Crippen LogP contribution is 2.24. The zero-order valence-corrected chi connectivity index (χ0v) is 16.2. The summed E-state index contributed by atoms with van der Waals surface area (Å²) < 4.78 is 4.92. The minimum atomic E-state index is -0.111. The third kappa shape index (κ3) is 6.30. The highest BCUT2D eigenvalue weighted by Gasteiger charge is 2.36. The van der Waals surface area contributed by atoms with Crippen molar-refractivity contribution in [1.82, 2.24) is 15.1 Å². The molecule has 0 bridgehead atoms. The summed E-state index contributed by atoms with van der Waals surface area (Å²) in [6.45, 7) is 15.2. The number of esters is 1. The number of carbonyl (C=O) groups is 1. The van der Waals surface area contributed by atoms with Crippen LogP contribution in [0.15, 0.2) is 4.99 Å². The number of rotatable bonds is 9. The third-order valence-electron chi connectivity index (χ3n) is 4.79. The van der Waals surface area contributed by atoms with Gasteiger partial charge in [0.1, 0.15) is 0 Å². The van der Waals surface area contributed by atoms with Gasteiger partial charge in [0.15, 0.2) is 5.96 Å². The van der Waals surface area contributed by atoms with Crippen molar-refractivity contribution in [2.45, 2.75) is 40.5 Å². The van der Waals surface area contributed by atoms with Crippen LogP contribution in [0.2, 0.25) is 0 Å². The maximum atomic E-state index is 11.9. The second-order valence-corrected chi connectivity index (χ2v) is 6.48. The van der Waals surface area contributed by atoms with E-state index in [0.29, 0.717) is 12.5 Å². The van der Waals surface area contributed by atoms with Gasteiger partial charge in [-0.1, -0.05) is 20.8 Å². The van der Waals surface area contributed by atoms with Gasteiger partial charge in [0.2, 0.25) is 0 Å². The third-order valence-corrected chi connectivity index (χ3v) is 4.79. The lowest BCUT2D eigenvalue weighted by atomic mass is 9.99. The fourth-order valence-corrected chi connectivity index (χ4v) is 3.20. The first kappa shape index (κ1) is 20.7. The largest absolute Gasteiger partial charge is 0.469 e. The van der Waals surface area contributed by atoms with E-state index in [-0.39, 0.29) is 11.9 Å². The standard InChI is InChI=1S/C18H36N4O2/c1-6-19-18(20-11-9-10-12-21(7-2)8-3)22-13-15(4)16(14-22)17(23)24-5/h15-16H,6-14H2,1-5H3,(H,19,20). The van der Waals surface area contributed by atoms with Crippen molar-refractivity contribution in [3.05, 3.63) is 0 Å². The summed E-state index contributed by atoms with van der Waals surface area (Å²) in [7, 11) is 1.47. The SMILES string of the molecule is CCNC(=NCCCCN(CC)CC)N1CC(C)C(C(=O)OC)C1. The minimum absolute atomic E-state index is 0.0541. The van der Waals surface area contributed by atoms with Crippen LogP contribution >= 0.6 is 0 Å². The molecule has 1 rings (SSSR count). The molecule has 0 aromatic heterocycles. The molecule has 1 fully saturated rings. The highest BCUT2D eigenvalue weighted by molar-refractivity contribution is 5.82. The summed E-state index contributed by atoms with van der Waals surface area (Å²) >= 11 is 0. The van der Waals surface area contributed by atoms with Crippen molar-refractivity contribution < 1.29 is 9.53 Å². The summed E-state index contributed by atoms with van der Waals surface area (Å²) in [5.74, 6) is 1.06. The van der Waals surface area contributed by atoms with E-state index in [2.05, 4.69) is 42.8 Å². The van der Waals surface area contributed by atoms with E-state index in [1.54, 1.807) is 0 Å². The van der Waals surface area contributed by atoms with Crippen molar-refractivity contribution in [3.8, 4) is 0 Å². The molecule has 2 atom stereocenters. The Morgan fingerprint density at radius 2 is 1.96 bits per heavy atom. The monoisotopic (exact) mass is 340 g/mol. The molecular formula is C18H36N4O2. The Morgan fingerprint density at radius 1 is 1.25 bits per heavy atom. The predicted molar refractivity (Wildman–Crippen MR) is 99.2 cm³/mol. The Balaban J connectivity index is 2.50. The number of likely N-dealkylation sites (tertiary alicyclic amines) is 1. The minimum Gasteiger partial charge on any atom is -0.469 e. The van der Waals surface area contributed by atoms with E-state index in [1.807, 2.05) is 0 Å². The molecule has 140 valence electrons. The quantitative estimate of drug-likeness (QED) is 0.300. The fraction of sp³-hybridized carbons (Fsp3) is 0.889. The number of guanidine groups is 1. The van der Waals surface area contributed by atoms with Gasteiger partial charge in [0.25, 0.3) is 0 Å². The molecule has 0 aromatic carbocycles. The van der Waals surface area contributed by atoms with Gasteiger partial charge in [-0.15, -0.1) is 0 Å². The van der Waals surface area contributed by atoms with Gasteiger partial charge in [0.05, 0.1) is 13.0 Å². The molecular weight excluding hydrogens is 304 g/mol. The number of carbonyl (C=O) groups excluding carboxylic acids is 1. The number of hydrogen-bond donors (Lipinski definition) is 1. The molecule has 0 saturated carbocycles. The van der Waals surface area contributed by atoms with Gasteiger partial charge in [-0.2, -0.15) is 0 Å². The van der Waals surface area contributed by atoms with Crippen molar-refractivity contribution in [1.29, 1.82) is 0 Å². The number of hydrogen-bond acceptors (Lipinski definition) is 4. The predicted octanol–water partition coefficient (Wildman–Crippen LogP) is 1.81. The molecule has 1 aliphatic heterocycles. The van der Waals surface area contributed by atoms with Gasteiger partial charge < -0.3 is 19.9 Å². The maximum Gasteiger partial charge on any atom is 0.310 e. The van der Waals surface area contributed by atoms with Crippen molar-refractivity contribution in [2.75, 3.05) is 52.9 Å². The van der Waals surface area contributed by atoms with Crippen LogP contribution in [0.3, 0.4) is 0 Å². The van der Waals surface area contributed by atoms with E-state index < -0.39 is 0 Å². The van der Waals surface area contributed by atoms with E-state index in [0.717, 1.165) is 51.6 Å². The molecule has 6 heteroatoms. The van der Waals surface area contributed by atoms with Gasteiger partial charge in [-0.25, -0.2) is 0 Å². The van der Waals surface area contributed by atoms with E-state index in [1.165, 1.54) is 13.5 Å². The lowest BCUT2D eigenvalue weighted by molar-refractivity contribution is -0.145. The van der Waals surface area contributed by atoms with E-state index in [9.17, 15) is 4.79 Å². The van der Waals surface area contributed by atoms with Crippen LogP contribution < -0.4 is 5.32 Å². The molecule has 6 nitrogen and oxygen atoms in total. The highest BCUT2D eigenvalue weighted by atomic mass is 16.5. The summed E-state index contributed by atoms with van der Waals surface area (Å²) in [4.78, 5) is 21.3. The second kappa shape index (κ2) is 11.3. The van der Waals surface area contributed by atoms with Crippen LogP contribution in [0.25, 0.3) is 0 Å². The number of ether oxygens (including phenoxy) is 1. The molecule has 24 heavy (non-hydrogen) atoms. The summed E-state index contributed by atoms with van der Waals surface area (Å²) in [6.07, 6.45) is 2.26. The van der Waals surface area contributed by atoms with Crippen LogP contribution in [0.5, 0.6) is 0 Å². The zero-order chi connectivity index (χ0) is 17.9. The Bertz CT molecular complexity index is 396. The Morgan fingerprint density at radius 3 is 2.54 bits per heavy atom. The molecule has 0 aliphatic carbocycles. The number of nitrogens with one attached hydrogen (secondary N) is 1. The normalized spacial score (nSPS) is 21.4. The van der Waals surface area contributed by atoms with Gasteiger partial charge in [-0.05, 0) is 45.3 Å². The lowest BCUT2D eigenvalue weighted by Crippen LogP contribution is -2.40. The average molecular weight is 341 g/mol. The Labute approximate surface area is 147 Å². The van der Waals surface area contributed by atoms with Crippen LogP contribution in [-0.2, 0) is 9.53 Å². The molecule has 1 heterocycles. The number of aliphatic imine (C=N–C) groups is 1. The van der Waals surface area contributed by atoms with E-state index >= 15 is 0 Å². The summed E-state index contributed by atoms with van der Waals surface area (Å²) in [5.41, 5.74) is 0. The average Bonchev–Trinajstić information content (AvgIpc) is 2.98. The number of nitrogens with zero attached hydrogens (tertiary/aromatic N) is 3. The van der Waals surface area contributed by atoms with Crippen molar-refractivity contribution >= 4 is 11.9 Å². The molecule has 0 aromatic rings. The summed E-state index contributed by atoms with van der Waals surface area (Å²) in [5, 5.41) is 3.36. The molecule has 2 unspecified atom stereocenters. The van der Waals surface area contributed by atoms with Crippen molar-refractivity contribution in [2.24, 2.45) is 16.8 Å². The molecule has 0 spiro atoms. The molecule has 0 radical (unpaired) electrons. The second-order valence-electron chi connectivity index (χ2n) is 6.48. The number of methoxy groups -OCH3 is 1.